The zero-order valence-electron chi connectivity index (χ0n) is 71.3. The second-order valence-electron chi connectivity index (χ2n) is 37.9. The molecule has 0 aliphatic heterocycles. The maximum absolute atomic E-state index is 2.63. The quantitative estimate of drug-likeness (QED) is 0.0675. The molecule has 0 spiro atoms. The minimum absolute atomic E-state index is 0.132. The van der Waals surface area contributed by atoms with Crippen molar-refractivity contribution in [3.8, 4) is 33.8 Å². The van der Waals surface area contributed by atoms with E-state index in [-0.39, 0.29) is 15.1 Å². The van der Waals surface area contributed by atoms with Crippen LogP contribution in [0.1, 0.15) is 229 Å². The normalized spacial score (nSPS) is 15.9. The number of rotatable bonds is 16. The number of nitrogens with zero attached hydrogens (tertiary/aromatic N) is 3. The lowest BCUT2D eigenvalue weighted by atomic mass is 9.84. The minimum atomic E-state index is -1.85. The molecule has 6 heteroatoms. The van der Waals surface area contributed by atoms with Crippen molar-refractivity contribution in [1.29, 1.82) is 0 Å². The van der Waals surface area contributed by atoms with Crippen molar-refractivity contribution in [1.82, 2.24) is 0 Å². The maximum Gasteiger partial charge on any atom is 0.220 e. The Balaban J connectivity index is 0.000000139. The van der Waals surface area contributed by atoms with Gasteiger partial charge in [0.05, 0.1) is 51.5 Å². The lowest BCUT2D eigenvalue weighted by molar-refractivity contribution is -0.659. The van der Waals surface area contributed by atoms with Gasteiger partial charge >= 0.3 is 0 Å². The first kappa shape index (κ1) is 79.5. The molecule has 4 fully saturated rings. The molecule has 0 unspecified atom stereocenters. The third-order valence-corrected chi connectivity index (χ3v) is 45.7. The highest BCUT2D eigenvalue weighted by molar-refractivity contribution is 6.93. The topological polar surface area (TPSA) is 11.6 Å². The fraction of sp³-hybridized carbons (Fsp3) is 0.400. The van der Waals surface area contributed by atoms with Crippen molar-refractivity contribution in [2.45, 2.75) is 250 Å². The fourth-order valence-corrected chi connectivity index (χ4v) is 28.1. The summed E-state index contributed by atoms with van der Waals surface area (Å²) in [6.45, 7) is 39.2. The maximum atomic E-state index is 2.63. The van der Waals surface area contributed by atoms with Gasteiger partial charge in [0, 0.05) is 23.8 Å². The van der Waals surface area contributed by atoms with E-state index in [0.29, 0.717) is 0 Å². The molecular weight excluding hydrogens is 1390 g/mol. The highest BCUT2D eigenvalue weighted by Gasteiger charge is 2.45. The number of hydrogen-bond donors (Lipinski definition) is 0. The molecule has 3 heterocycles. The standard InChI is InChI=1S/C38H48NSi.C34H42NSi.C33H40NSi/c1-27-35(29-16-12-13-17-29)25-31(28-14-10-11-15-28)26-36(27)37-34-21-20-33(24-30(34)22-23-39(37)4)40(5,6)38(2,3)32-18-8-7-9-19-32;1-24-21-28(26-13-11-12-14-26)23-32(25(24)2)33-31-18-17-30(22-27(31)19-20-35(33)5)36(6,7)34(3,4)29-15-9-8-10-16-29;1-24-16-17-26(25-12-10-11-13-25)23-31(24)32-30-19-18-29(22-27(30)20-21-34(32)4)35(5,6)33(2,3)28-14-8-7-9-15-28/h7-9,18-26,28-29H,10-17H2,1-6H3;8-10,15-23,26H,11-14H2,1-7H3;7-9,14-23,25H,10-13H2,1-6H3/q3*+1. The zero-order chi connectivity index (χ0) is 78.5. The van der Waals surface area contributed by atoms with Crippen LogP contribution in [0, 0.1) is 27.7 Å². The Morgan fingerprint density at radius 2 is 0.595 bits per heavy atom. The first-order valence-corrected chi connectivity index (χ1v) is 51.8. The number of hydrogen-bond acceptors (Lipinski definition) is 0. The van der Waals surface area contributed by atoms with Crippen LogP contribution in [0.4, 0.5) is 0 Å². The Morgan fingerprint density at radius 1 is 0.288 bits per heavy atom. The Morgan fingerprint density at radius 3 is 0.955 bits per heavy atom. The average Bonchev–Trinajstić information content (AvgIpc) is 1.29. The molecule has 111 heavy (non-hydrogen) atoms. The first-order chi connectivity index (χ1) is 53.0. The van der Waals surface area contributed by atoms with E-state index in [1.165, 1.54) is 234 Å². The molecule has 0 atom stereocenters. The Bertz CT molecular complexity index is 5350. The van der Waals surface area contributed by atoms with Gasteiger partial charge in [0.2, 0.25) is 17.1 Å². The van der Waals surface area contributed by atoms with Crippen LogP contribution >= 0.6 is 0 Å². The fourth-order valence-electron chi connectivity index (χ4n) is 20.2. The predicted octanol–water partition coefficient (Wildman–Crippen LogP) is 25.2. The highest BCUT2D eigenvalue weighted by atomic mass is 28.3. The van der Waals surface area contributed by atoms with E-state index in [1.807, 2.05) is 0 Å². The molecule has 0 radical (unpaired) electrons. The summed E-state index contributed by atoms with van der Waals surface area (Å²) in [7, 11) is 1.15. The minimum Gasteiger partial charge on any atom is -0.200 e. The molecule has 0 saturated heterocycles. The van der Waals surface area contributed by atoms with Crippen LogP contribution in [0.2, 0.25) is 39.3 Å². The van der Waals surface area contributed by atoms with Gasteiger partial charge in [-0.15, -0.1) is 0 Å². The molecule has 0 amide bonds. The second kappa shape index (κ2) is 32.0. The summed E-state index contributed by atoms with van der Waals surface area (Å²) in [5.74, 6) is 2.92. The van der Waals surface area contributed by atoms with Crippen molar-refractivity contribution in [3.63, 3.8) is 0 Å². The van der Waals surface area contributed by atoms with Gasteiger partial charge in [-0.3, -0.25) is 0 Å². The lowest BCUT2D eigenvalue weighted by Crippen LogP contribution is -2.57. The average molecular weight is 1520 g/mol. The largest absolute Gasteiger partial charge is 0.220 e. The van der Waals surface area contributed by atoms with E-state index in [1.54, 1.807) is 11.1 Å². The predicted molar refractivity (Wildman–Crippen MR) is 485 cm³/mol. The van der Waals surface area contributed by atoms with Gasteiger partial charge in [-0.25, -0.2) is 13.7 Å². The first-order valence-electron chi connectivity index (χ1n) is 42.8. The summed E-state index contributed by atoms with van der Waals surface area (Å²) in [6.07, 6.45) is 28.6. The number of pyridine rings is 3. The molecule has 3 aromatic heterocycles. The van der Waals surface area contributed by atoms with E-state index in [0.717, 1.165) is 23.7 Å². The molecule has 574 valence electrons. The van der Waals surface area contributed by atoms with Crippen molar-refractivity contribution in [2.75, 3.05) is 0 Å². The molecule has 12 aromatic rings. The summed E-state index contributed by atoms with van der Waals surface area (Å²) in [5.41, 5.74) is 24.7. The van der Waals surface area contributed by atoms with Gasteiger partial charge in [-0.1, -0.05) is 299 Å². The van der Waals surface area contributed by atoms with E-state index in [4.69, 9.17) is 0 Å². The van der Waals surface area contributed by atoms with Gasteiger partial charge < -0.3 is 0 Å². The molecule has 0 bridgehead atoms. The summed E-state index contributed by atoms with van der Waals surface area (Å²) >= 11 is 0. The van der Waals surface area contributed by atoms with Gasteiger partial charge in [-0.2, -0.15) is 0 Å². The van der Waals surface area contributed by atoms with Crippen molar-refractivity contribution >= 4 is 72.1 Å². The van der Waals surface area contributed by atoms with Gasteiger partial charge in [0.25, 0.3) is 0 Å². The third-order valence-electron chi connectivity index (χ3n) is 30.2. The van der Waals surface area contributed by atoms with Crippen molar-refractivity contribution in [3.05, 3.63) is 286 Å². The van der Waals surface area contributed by atoms with Gasteiger partial charge in [0.1, 0.15) is 21.1 Å². The Hall–Kier alpha value is -8.14. The van der Waals surface area contributed by atoms with E-state index >= 15 is 0 Å². The van der Waals surface area contributed by atoms with Gasteiger partial charge in [-0.05, 0) is 232 Å². The second-order valence-corrected chi connectivity index (χ2v) is 53.1. The number of benzene rings is 9. The molecule has 4 aliphatic rings. The summed E-state index contributed by atoms with van der Waals surface area (Å²) < 4.78 is 7.04. The van der Waals surface area contributed by atoms with Crippen LogP contribution in [-0.4, -0.2) is 24.2 Å². The molecule has 4 aliphatic carbocycles. The van der Waals surface area contributed by atoms with Crippen LogP contribution in [0.5, 0.6) is 0 Å². The molecule has 9 aromatic carbocycles. The van der Waals surface area contributed by atoms with Crippen LogP contribution in [0.15, 0.2) is 225 Å². The van der Waals surface area contributed by atoms with Crippen LogP contribution in [0.3, 0.4) is 0 Å². The van der Waals surface area contributed by atoms with Gasteiger partial charge in [0.15, 0.2) is 18.6 Å². The monoisotopic (exact) mass is 1520 g/mol. The van der Waals surface area contributed by atoms with Crippen molar-refractivity contribution < 1.29 is 13.7 Å². The SMILES string of the molecule is Cc1c(-c2c3ccc([Si](C)(C)C(C)(C)c4ccccc4)cc3cc[n+]2C)cc(C2CCCC2)cc1C1CCCC1.Cc1cc(C2CCCC2)cc(-c2c3ccc([Si](C)(C)C(C)(C)c4ccccc4)cc3cc[n+]2C)c1C.Cc1ccc(C2CCCC2)cc1-c1c2ccc([Si](C)(C)C(C)(C)c3ccccc3)cc2cc[n+]1C. The summed E-state index contributed by atoms with van der Waals surface area (Å²) in [5, 5.41) is 13.2. The van der Waals surface area contributed by atoms with E-state index < -0.39 is 24.2 Å². The number of fused-ring (bicyclic) bond motifs is 3. The van der Waals surface area contributed by atoms with Crippen LogP contribution < -0.4 is 29.3 Å². The van der Waals surface area contributed by atoms with E-state index in [9.17, 15) is 0 Å². The number of aromatic nitrogens is 3. The smallest absolute Gasteiger partial charge is 0.200 e. The zero-order valence-corrected chi connectivity index (χ0v) is 74.3. The van der Waals surface area contributed by atoms with Crippen LogP contribution in [-0.2, 0) is 36.3 Å². The Kier molecular flexibility index (Phi) is 22.9. The summed E-state index contributed by atoms with van der Waals surface area (Å²) in [6, 6.07) is 79.8. The molecule has 4 saturated carbocycles. The highest BCUT2D eigenvalue weighted by Crippen LogP contribution is 2.47. The summed E-state index contributed by atoms with van der Waals surface area (Å²) in [4.78, 5) is 0. The Labute approximate surface area is 672 Å². The number of aryl methyl sites for hydroxylation is 5. The molecule has 0 N–H and O–H groups in total. The molecule has 3 nitrogen and oxygen atoms in total. The molecule has 16 rings (SSSR count). The van der Waals surface area contributed by atoms with Crippen LogP contribution in [0.25, 0.3) is 66.1 Å². The third kappa shape index (κ3) is 15.3. The molecular formula is C105H130N3Si3+3. The van der Waals surface area contributed by atoms with E-state index in [2.05, 4.69) is 368 Å². The van der Waals surface area contributed by atoms with Crippen molar-refractivity contribution in [2.24, 2.45) is 21.1 Å². The lowest BCUT2D eigenvalue weighted by Gasteiger charge is -2.41.